The Bertz CT molecular complexity index is 850. The maximum Gasteiger partial charge on any atom is 0.325 e. The molecule has 0 unspecified atom stereocenters. The molecule has 3 N–H and O–H groups in total. The quantitative estimate of drug-likeness (QED) is 0.539. The van der Waals surface area contributed by atoms with Gasteiger partial charge < -0.3 is 9.72 Å². The molecule has 2 rings (SSSR count). The Morgan fingerprint density at radius 3 is 2.58 bits per heavy atom. The van der Waals surface area contributed by atoms with Gasteiger partial charge in [0, 0.05) is 11.3 Å². The third-order valence-electron chi connectivity index (χ3n) is 3.13. The Morgan fingerprint density at radius 2 is 1.96 bits per heavy atom. The fourth-order valence-electron chi connectivity index (χ4n) is 1.91. The molecule has 0 saturated heterocycles. The van der Waals surface area contributed by atoms with Gasteiger partial charge in [-0.15, -0.1) is 0 Å². The van der Waals surface area contributed by atoms with Crippen LogP contribution in [0.4, 0.5) is 0 Å². The zero-order chi connectivity index (χ0) is 17.5. The molecule has 8 nitrogen and oxygen atoms in total. The van der Waals surface area contributed by atoms with Gasteiger partial charge in [-0.3, -0.25) is 14.6 Å². The molecular formula is C16H18N4O4. The van der Waals surface area contributed by atoms with E-state index in [1.807, 2.05) is 6.92 Å². The van der Waals surface area contributed by atoms with E-state index >= 15 is 0 Å². The van der Waals surface area contributed by atoms with Crippen molar-refractivity contribution < 1.29 is 9.53 Å². The number of nitrogens with one attached hydrogen (secondary N) is 3. The minimum absolute atomic E-state index is 0.165. The summed E-state index contributed by atoms with van der Waals surface area (Å²) in [6.45, 7) is 4.19. The van der Waals surface area contributed by atoms with Crippen molar-refractivity contribution in [1.29, 1.82) is 0 Å². The summed E-state index contributed by atoms with van der Waals surface area (Å²) >= 11 is 0. The van der Waals surface area contributed by atoms with E-state index in [0.29, 0.717) is 23.6 Å². The highest BCUT2D eigenvalue weighted by atomic mass is 16.5. The zero-order valence-corrected chi connectivity index (χ0v) is 13.4. The molecular weight excluding hydrogens is 312 g/mol. The number of ether oxygens (including phenoxy) is 1. The van der Waals surface area contributed by atoms with E-state index in [4.69, 9.17) is 4.74 Å². The van der Waals surface area contributed by atoms with Gasteiger partial charge in [0.1, 0.15) is 5.75 Å². The Balaban J connectivity index is 2.03. The Labute approximate surface area is 137 Å². The van der Waals surface area contributed by atoms with E-state index in [2.05, 4.69) is 20.5 Å². The maximum absolute atomic E-state index is 12.0. The summed E-state index contributed by atoms with van der Waals surface area (Å²) < 4.78 is 5.44. The molecule has 1 heterocycles. The third kappa shape index (κ3) is 4.42. The third-order valence-corrected chi connectivity index (χ3v) is 3.13. The monoisotopic (exact) mass is 330 g/mol. The van der Waals surface area contributed by atoms with Crippen molar-refractivity contribution in [3.05, 3.63) is 61.9 Å². The molecule has 0 atom stereocenters. The molecule has 0 spiro atoms. The number of hydrogen-bond acceptors (Lipinski definition) is 5. The lowest BCUT2D eigenvalue weighted by Crippen LogP contribution is -2.27. The molecule has 0 radical (unpaired) electrons. The van der Waals surface area contributed by atoms with Gasteiger partial charge in [0.15, 0.2) is 0 Å². The summed E-state index contributed by atoms with van der Waals surface area (Å²) in [4.78, 5) is 39.2. The summed E-state index contributed by atoms with van der Waals surface area (Å²) in [6.07, 6.45) is 2.08. The van der Waals surface area contributed by atoms with Crippen LogP contribution in [0.5, 0.6) is 5.75 Å². The molecule has 24 heavy (non-hydrogen) atoms. The van der Waals surface area contributed by atoms with Crippen molar-refractivity contribution in [2.45, 2.75) is 20.3 Å². The molecule has 0 aliphatic carbocycles. The molecule has 0 fully saturated rings. The highest BCUT2D eigenvalue weighted by Crippen LogP contribution is 2.12. The van der Waals surface area contributed by atoms with Crippen LogP contribution in [0.1, 0.15) is 35.0 Å². The van der Waals surface area contributed by atoms with Gasteiger partial charge in [-0.1, -0.05) is 6.92 Å². The number of benzene rings is 1. The number of amides is 1. The summed E-state index contributed by atoms with van der Waals surface area (Å²) in [7, 11) is 0. The van der Waals surface area contributed by atoms with Crippen LogP contribution in [0.25, 0.3) is 0 Å². The van der Waals surface area contributed by atoms with Crippen molar-refractivity contribution in [2.24, 2.45) is 5.10 Å². The molecule has 0 saturated carbocycles. The van der Waals surface area contributed by atoms with E-state index in [1.165, 1.54) is 6.21 Å². The minimum atomic E-state index is -0.593. The summed E-state index contributed by atoms with van der Waals surface area (Å²) in [5, 5.41) is 3.74. The maximum atomic E-state index is 12.0. The van der Waals surface area contributed by atoms with E-state index in [-0.39, 0.29) is 5.56 Å². The fraction of sp³-hybridized carbons (Fsp3) is 0.250. The Hall–Kier alpha value is -3.16. The number of aromatic nitrogens is 2. The summed E-state index contributed by atoms with van der Waals surface area (Å²) in [5.41, 5.74) is 2.08. The Morgan fingerprint density at radius 1 is 1.25 bits per heavy atom. The SMILES string of the molecule is CCCOc1ccc(C(=O)N/N=C\c2c(C)[nH]c(=O)[nH]c2=O)cc1. The lowest BCUT2D eigenvalue weighted by Gasteiger charge is -2.05. The smallest absolute Gasteiger partial charge is 0.325 e. The highest BCUT2D eigenvalue weighted by molar-refractivity contribution is 5.95. The molecule has 2 aromatic rings. The van der Waals surface area contributed by atoms with Crippen LogP contribution >= 0.6 is 0 Å². The first-order valence-corrected chi connectivity index (χ1v) is 7.40. The van der Waals surface area contributed by atoms with Gasteiger partial charge in [0.2, 0.25) is 0 Å². The average molecular weight is 330 g/mol. The van der Waals surface area contributed by atoms with Gasteiger partial charge in [0.05, 0.1) is 18.4 Å². The molecule has 126 valence electrons. The fourth-order valence-corrected chi connectivity index (χ4v) is 1.91. The molecule has 0 aliphatic heterocycles. The molecule has 1 amide bonds. The second-order valence-corrected chi connectivity index (χ2v) is 5.02. The minimum Gasteiger partial charge on any atom is -0.494 e. The lowest BCUT2D eigenvalue weighted by atomic mass is 10.2. The van der Waals surface area contributed by atoms with Gasteiger partial charge >= 0.3 is 5.69 Å². The van der Waals surface area contributed by atoms with Crippen LogP contribution in [-0.4, -0.2) is 28.7 Å². The lowest BCUT2D eigenvalue weighted by molar-refractivity contribution is 0.0955. The molecule has 1 aromatic carbocycles. The number of H-pyrrole nitrogens is 2. The summed E-state index contributed by atoms with van der Waals surface area (Å²) in [6, 6.07) is 6.64. The van der Waals surface area contributed by atoms with E-state index in [0.717, 1.165) is 6.42 Å². The largest absolute Gasteiger partial charge is 0.494 e. The Kier molecular flexibility index (Phi) is 5.67. The van der Waals surface area contributed by atoms with Crippen molar-refractivity contribution >= 4 is 12.1 Å². The van der Waals surface area contributed by atoms with Crippen LogP contribution in [0.15, 0.2) is 39.0 Å². The van der Waals surface area contributed by atoms with Crippen molar-refractivity contribution in [1.82, 2.24) is 15.4 Å². The second kappa shape index (κ2) is 7.91. The number of aromatic amines is 2. The predicted octanol–water partition coefficient (Wildman–Crippen LogP) is 0.924. The number of carbonyl (C=O) groups is 1. The van der Waals surface area contributed by atoms with Crippen molar-refractivity contribution in [2.75, 3.05) is 6.61 Å². The number of nitrogens with zero attached hydrogens (tertiary/aromatic N) is 1. The highest BCUT2D eigenvalue weighted by Gasteiger charge is 2.06. The van der Waals surface area contributed by atoms with Crippen LogP contribution in [0.3, 0.4) is 0 Å². The van der Waals surface area contributed by atoms with Gasteiger partial charge in [-0.2, -0.15) is 5.10 Å². The molecule has 8 heteroatoms. The number of hydrazone groups is 1. The van der Waals surface area contributed by atoms with Crippen molar-refractivity contribution in [3.8, 4) is 5.75 Å². The standard InChI is InChI=1S/C16H18N4O4/c1-3-8-24-12-6-4-11(5-7-12)14(21)20-17-9-13-10(2)18-16(23)19-15(13)22/h4-7,9H,3,8H2,1-2H3,(H,20,21)(H2,18,19,22,23)/b17-9-. The van der Waals surface area contributed by atoms with Crippen LogP contribution in [0.2, 0.25) is 0 Å². The van der Waals surface area contributed by atoms with E-state index in [9.17, 15) is 14.4 Å². The predicted molar refractivity (Wildman–Crippen MR) is 89.7 cm³/mol. The van der Waals surface area contributed by atoms with Crippen LogP contribution in [0, 0.1) is 6.92 Å². The van der Waals surface area contributed by atoms with E-state index in [1.54, 1.807) is 31.2 Å². The first-order valence-electron chi connectivity index (χ1n) is 7.40. The molecule has 1 aromatic heterocycles. The topological polar surface area (TPSA) is 116 Å². The molecule has 0 aliphatic rings. The first-order chi connectivity index (χ1) is 11.5. The zero-order valence-electron chi connectivity index (χ0n) is 13.4. The number of carbonyl (C=O) groups excluding carboxylic acids is 1. The normalized spacial score (nSPS) is 10.8. The van der Waals surface area contributed by atoms with Gasteiger partial charge in [-0.25, -0.2) is 10.2 Å². The number of aryl methyl sites for hydroxylation is 1. The van der Waals surface area contributed by atoms with Gasteiger partial charge in [0.25, 0.3) is 11.5 Å². The molecule has 0 bridgehead atoms. The van der Waals surface area contributed by atoms with Gasteiger partial charge in [-0.05, 0) is 37.6 Å². The summed E-state index contributed by atoms with van der Waals surface area (Å²) in [5.74, 6) is 0.263. The van der Waals surface area contributed by atoms with Crippen LogP contribution in [-0.2, 0) is 0 Å². The van der Waals surface area contributed by atoms with Crippen molar-refractivity contribution in [3.63, 3.8) is 0 Å². The number of hydrogen-bond donors (Lipinski definition) is 3. The number of rotatable bonds is 6. The first kappa shape index (κ1) is 17.2. The second-order valence-electron chi connectivity index (χ2n) is 5.02. The average Bonchev–Trinajstić information content (AvgIpc) is 2.55. The van der Waals surface area contributed by atoms with E-state index < -0.39 is 17.2 Å². The van der Waals surface area contributed by atoms with Crippen LogP contribution < -0.4 is 21.4 Å².